The third kappa shape index (κ3) is 6.63. The first-order valence-electron chi connectivity index (χ1n) is 14.2. The number of nitrogens with one attached hydrogen (secondary N) is 2. The van der Waals surface area contributed by atoms with E-state index in [0.29, 0.717) is 30.5 Å². The molecule has 4 N–H and O–H groups in total. The van der Waals surface area contributed by atoms with Gasteiger partial charge in [-0.15, -0.1) is 0 Å². The number of carbonyl (C=O) groups is 1. The van der Waals surface area contributed by atoms with Crippen molar-refractivity contribution in [2.24, 2.45) is 0 Å². The maximum atomic E-state index is 13.9. The van der Waals surface area contributed by atoms with Gasteiger partial charge in [-0.1, -0.05) is 60.7 Å². The molecule has 1 amide bonds. The number of amides is 1. The lowest BCUT2D eigenvalue weighted by molar-refractivity contribution is -0.122. The predicted octanol–water partition coefficient (Wildman–Crippen LogP) is 7.14. The van der Waals surface area contributed by atoms with E-state index in [1.165, 1.54) is 0 Å². The van der Waals surface area contributed by atoms with Gasteiger partial charge in [-0.05, 0) is 84.8 Å². The summed E-state index contributed by atoms with van der Waals surface area (Å²) < 4.78 is 11.9. The van der Waals surface area contributed by atoms with Gasteiger partial charge in [0.15, 0.2) is 11.5 Å². The highest BCUT2D eigenvalue weighted by atomic mass is 16.5. The number of fused-ring (bicyclic) bond motifs is 1. The number of aromatic nitrogens is 1. The zero-order valence-electron chi connectivity index (χ0n) is 24.1. The highest BCUT2D eigenvalue weighted by molar-refractivity contribution is 5.94. The van der Waals surface area contributed by atoms with Gasteiger partial charge in [0.2, 0.25) is 5.91 Å². The molecule has 7 heteroatoms. The maximum absolute atomic E-state index is 13.9. The monoisotopic (exact) mass is 560 g/mol. The lowest BCUT2D eigenvalue weighted by Gasteiger charge is -2.23. The van der Waals surface area contributed by atoms with E-state index < -0.39 is 6.04 Å². The first kappa shape index (κ1) is 28.5. The molecule has 1 heterocycles. The number of benzene rings is 4. The quantitative estimate of drug-likeness (QED) is 0.159. The molecule has 1 unspecified atom stereocenters. The van der Waals surface area contributed by atoms with E-state index >= 15 is 0 Å². The molecule has 42 heavy (non-hydrogen) atoms. The molecule has 214 valence electrons. The van der Waals surface area contributed by atoms with E-state index in [0.717, 1.165) is 38.7 Å². The molecule has 7 nitrogen and oxygen atoms in total. The molecule has 0 aliphatic rings. The van der Waals surface area contributed by atoms with Gasteiger partial charge in [0.1, 0.15) is 11.9 Å². The van der Waals surface area contributed by atoms with E-state index in [-0.39, 0.29) is 12.0 Å². The standard InChI is InChI=1S/C35H36N4O3/c1-4-41-32-21-26(14-17-31(32)42-23(2)3)33(39-28-15-16-30-25(20-28)18-19-37-34(30)36)35(40)38-22-27-12-8-9-13-29(27)24-10-6-5-7-11-24/h5-21,23,33,39H,4,22H2,1-3H3,(H2,36,37)(H,38,40). The van der Waals surface area contributed by atoms with Crippen molar-refractivity contribution in [3.05, 3.63) is 114 Å². The van der Waals surface area contributed by atoms with Gasteiger partial charge in [-0.3, -0.25) is 4.79 Å². The Labute approximate surface area is 246 Å². The molecule has 4 aromatic carbocycles. The second-order valence-electron chi connectivity index (χ2n) is 10.3. The summed E-state index contributed by atoms with van der Waals surface area (Å²) in [6.07, 6.45) is 1.66. The van der Waals surface area contributed by atoms with Crippen LogP contribution in [0.5, 0.6) is 11.5 Å². The van der Waals surface area contributed by atoms with Gasteiger partial charge >= 0.3 is 0 Å². The van der Waals surface area contributed by atoms with Crippen LogP contribution in [-0.4, -0.2) is 23.6 Å². The minimum Gasteiger partial charge on any atom is -0.490 e. The molecule has 1 aromatic heterocycles. The van der Waals surface area contributed by atoms with E-state index in [1.54, 1.807) is 6.20 Å². The fraction of sp³-hybridized carbons (Fsp3) is 0.200. The number of hydrogen-bond donors (Lipinski definition) is 3. The highest BCUT2D eigenvalue weighted by Gasteiger charge is 2.23. The first-order valence-corrected chi connectivity index (χ1v) is 14.2. The topological polar surface area (TPSA) is 98.5 Å². The van der Waals surface area contributed by atoms with Gasteiger partial charge < -0.3 is 25.8 Å². The van der Waals surface area contributed by atoms with Crippen LogP contribution in [0.1, 0.15) is 37.9 Å². The minimum atomic E-state index is -0.710. The van der Waals surface area contributed by atoms with Crippen molar-refractivity contribution in [3.63, 3.8) is 0 Å². The Hall–Kier alpha value is -5.04. The molecule has 0 aliphatic heterocycles. The lowest BCUT2D eigenvalue weighted by atomic mass is 9.99. The number of nitrogen functional groups attached to an aromatic ring is 1. The van der Waals surface area contributed by atoms with Crippen LogP contribution in [0.3, 0.4) is 0 Å². The number of hydrogen-bond acceptors (Lipinski definition) is 6. The van der Waals surface area contributed by atoms with Crippen LogP contribution in [0.25, 0.3) is 21.9 Å². The SMILES string of the molecule is CCOc1cc(C(Nc2ccc3c(N)nccc3c2)C(=O)NCc2ccccc2-c2ccccc2)ccc1OC(C)C. The average molecular weight is 561 g/mol. The van der Waals surface area contributed by atoms with Crippen molar-refractivity contribution in [3.8, 4) is 22.6 Å². The zero-order valence-corrected chi connectivity index (χ0v) is 24.1. The molecule has 0 radical (unpaired) electrons. The van der Waals surface area contributed by atoms with Crippen LogP contribution in [0.4, 0.5) is 11.5 Å². The molecule has 5 rings (SSSR count). The summed E-state index contributed by atoms with van der Waals surface area (Å²) in [7, 11) is 0. The molecule has 0 fully saturated rings. The molecular formula is C35H36N4O3. The number of pyridine rings is 1. The van der Waals surface area contributed by atoms with Crippen molar-refractivity contribution in [1.82, 2.24) is 10.3 Å². The van der Waals surface area contributed by atoms with Crippen LogP contribution >= 0.6 is 0 Å². The average Bonchev–Trinajstić information content (AvgIpc) is 3.00. The Morgan fingerprint density at radius 1 is 0.905 bits per heavy atom. The number of rotatable bonds is 11. The Balaban J connectivity index is 1.47. The third-order valence-corrected chi connectivity index (χ3v) is 6.89. The van der Waals surface area contributed by atoms with Crippen molar-refractivity contribution in [2.75, 3.05) is 17.7 Å². The fourth-order valence-electron chi connectivity index (χ4n) is 4.94. The van der Waals surface area contributed by atoms with Gasteiger partial charge in [0, 0.05) is 23.8 Å². The summed E-state index contributed by atoms with van der Waals surface area (Å²) in [5.41, 5.74) is 10.8. The molecule has 5 aromatic rings. The number of ether oxygens (including phenoxy) is 2. The Kier molecular flexibility index (Phi) is 8.87. The summed E-state index contributed by atoms with van der Waals surface area (Å²) in [6.45, 7) is 6.70. The smallest absolute Gasteiger partial charge is 0.247 e. The largest absolute Gasteiger partial charge is 0.490 e. The van der Waals surface area contributed by atoms with Crippen LogP contribution in [-0.2, 0) is 11.3 Å². The molecule has 0 spiro atoms. The van der Waals surface area contributed by atoms with Gasteiger partial charge in [-0.2, -0.15) is 0 Å². The van der Waals surface area contributed by atoms with E-state index in [2.05, 4.69) is 33.8 Å². The molecule has 1 atom stereocenters. The van der Waals surface area contributed by atoms with Crippen LogP contribution in [0.15, 0.2) is 103 Å². The Bertz CT molecular complexity index is 1670. The molecular weight excluding hydrogens is 524 g/mol. The van der Waals surface area contributed by atoms with Gasteiger partial charge in [0.05, 0.1) is 12.7 Å². The minimum absolute atomic E-state index is 0.0171. The first-order chi connectivity index (χ1) is 20.4. The molecule has 0 saturated heterocycles. The van der Waals surface area contributed by atoms with Crippen molar-refractivity contribution in [2.45, 2.75) is 39.5 Å². The van der Waals surface area contributed by atoms with Gasteiger partial charge in [-0.25, -0.2) is 4.98 Å². The predicted molar refractivity (Wildman–Crippen MR) is 170 cm³/mol. The second kappa shape index (κ2) is 13.1. The Morgan fingerprint density at radius 3 is 2.48 bits per heavy atom. The van der Waals surface area contributed by atoms with Crippen molar-refractivity contribution < 1.29 is 14.3 Å². The maximum Gasteiger partial charge on any atom is 0.247 e. The van der Waals surface area contributed by atoms with Crippen LogP contribution < -0.4 is 25.8 Å². The number of anilines is 2. The normalized spacial score (nSPS) is 11.7. The van der Waals surface area contributed by atoms with Crippen molar-refractivity contribution >= 4 is 28.2 Å². The highest BCUT2D eigenvalue weighted by Crippen LogP contribution is 2.34. The number of carbonyl (C=O) groups excluding carboxylic acids is 1. The van der Waals surface area contributed by atoms with Gasteiger partial charge in [0.25, 0.3) is 0 Å². The summed E-state index contributed by atoms with van der Waals surface area (Å²) in [6, 6.07) is 30.9. The Morgan fingerprint density at radius 2 is 1.69 bits per heavy atom. The van der Waals surface area contributed by atoms with E-state index in [4.69, 9.17) is 15.2 Å². The molecule has 0 aliphatic carbocycles. The van der Waals surface area contributed by atoms with E-state index in [1.807, 2.05) is 99.6 Å². The summed E-state index contributed by atoms with van der Waals surface area (Å²) in [4.78, 5) is 18.1. The fourth-order valence-corrected chi connectivity index (χ4v) is 4.94. The summed E-state index contributed by atoms with van der Waals surface area (Å²) >= 11 is 0. The van der Waals surface area contributed by atoms with Crippen molar-refractivity contribution in [1.29, 1.82) is 0 Å². The second-order valence-corrected chi connectivity index (χ2v) is 10.3. The third-order valence-electron chi connectivity index (χ3n) is 6.89. The lowest BCUT2D eigenvalue weighted by Crippen LogP contribution is -2.33. The van der Waals surface area contributed by atoms with Crippen LogP contribution in [0, 0.1) is 0 Å². The molecule has 0 saturated carbocycles. The summed E-state index contributed by atoms with van der Waals surface area (Å²) in [5, 5.41) is 8.40. The molecule has 0 bridgehead atoms. The van der Waals surface area contributed by atoms with Crippen LogP contribution in [0.2, 0.25) is 0 Å². The summed E-state index contributed by atoms with van der Waals surface area (Å²) in [5.74, 6) is 1.52. The number of nitrogens with two attached hydrogens (primary N) is 1. The zero-order chi connectivity index (χ0) is 29.5. The number of nitrogens with zero attached hydrogens (tertiary/aromatic N) is 1. The van der Waals surface area contributed by atoms with E-state index in [9.17, 15) is 4.79 Å².